The third kappa shape index (κ3) is 2.59. The summed E-state index contributed by atoms with van der Waals surface area (Å²) in [6, 6.07) is 0. The highest BCUT2D eigenvalue weighted by atomic mass is 16.3. The first-order valence-electron chi connectivity index (χ1n) is 4.75. The maximum Gasteiger partial charge on any atom is 0.127 e. The summed E-state index contributed by atoms with van der Waals surface area (Å²) in [5.74, 6) is 0.109. The highest BCUT2D eigenvalue weighted by molar-refractivity contribution is 5.37. The van der Waals surface area contributed by atoms with Crippen LogP contribution >= 0.6 is 0 Å². The molecule has 0 aromatic heterocycles. The molecular weight excluding hydrogens is 164 g/mol. The van der Waals surface area contributed by atoms with Crippen LogP contribution in [0.5, 0.6) is 0 Å². The molecule has 0 bridgehead atoms. The van der Waals surface area contributed by atoms with Gasteiger partial charge in [0.2, 0.25) is 0 Å². The van der Waals surface area contributed by atoms with E-state index in [4.69, 9.17) is 0 Å². The molecule has 0 spiro atoms. The van der Waals surface area contributed by atoms with Crippen molar-refractivity contribution in [2.75, 3.05) is 0 Å². The average molecular weight is 184 g/mol. The van der Waals surface area contributed by atoms with Crippen LogP contribution in [0.4, 0.5) is 0 Å². The number of hydrogen-bond donors (Lipinski definition) is 2. The highest BCUT2D eigenvalue weighted by Crippen LogP contribution is 2.30. The summed E-state index contributed by atoms with van der Waals surface area (Å²) in [6.45, 7) is 9.37. The fraction of sp³-hybridized carbons (Fsp3) is 0.636. The quantitative estimate of drug-likeness (QED) is 0.607. The molecule has 0 radical (unpaired) electrons. The lowest BCUT2D eigenvalue weighted by Gasteiger charge is -2.27. The molecule has 1 unspecified atom stereocenters. The van der Waals surface area contributed by atoms with Crippen molar-refractivity contribution in [1.29, 1.82) is 0 Å². The van der Waals surface area contributed by atoms with Gasteiger partial charge in [-0.3, -0.25) is 0 Å². The first-order valence-corrected chi connectivity index (χ1v) is 4.75. The fourth-order valence-electron chi connectivity index (χ4n) is 1.19. The van der Waals surface area contributed by atoms with Crippen molar-refractivity contribution in [3.05, 3.63) is 23.0 Å². The molecule has 0 saturated heterocycles. The summed E-state index contributed by atoms with van der Waals surface area (Å²) >= 11 is 0. The zero-order valence-electron chi connectivity index (χ0n) is 9.18. The van der Waals surface area contributed by atoms with Gasteiger partial charge in [-0.05, 0) is 31.9 Å². The lowest BCUT2D eigenvalue weighted by Crippen LogP contribution is -2.29. The van der Waals surface area contributed by atoms with Gasteiger partial charge in [0, 0.05) is 6.42 Å². The number of aliphatic hydroxyl groups excluding tert-OH is 1. The van der Waals surface area contributed by atoms with Gasteiger partial charge in [0.15, 0.2) is 0 Å². The van der Waals surface area contributed by atoms with Crippen molar-refractivity contribution in [2.45, 2.75) is 46.6 Å². The fourth-order valence-corrected chi connectivity index (χ4v) is 1.19. The predicted octanol–water partition coefficient (Wildman–Crippen LogP) is 2.95. The van der Waals surface area contributed by atoms with Gasteiger partial charge in [0.1, 0.15) is 11.4 Å². The van der Waals surface area contributed by atoms with E-state index in [1.165, 1.54) is 0 Å². The first kappa shape index (κ1) is 12.2. The van der Waals surface area contributed by atoms with Gasteiger partial charge in [-0.25, -0.2) is 0 Å². The Bertz CT molecular complexity index is 234. The molecule has 0 saturated carbocycles. The Labute approximate surface area is 80.6 Å². The van der Waals surface area contributed by atoms with Gasteiger partial charge in [0.25, 0.3) is 0 Å². The van der Waals surface area contributed by atoms with Crippen LogP contribution in [0.15, 0.2) is 23.0 Å². The van der Waals surface area contributed by atoms with E-state index in [0.29, 0.717) is 6.42 Å². The Morgan fingerprint density at radius 3 is 2.15 bits per heavy atom. The van der Waals surface area contributed by atoms with Crippen molar-refractivity contribution < 1.29 is 10.2 Å². The van der Waals surface area contributed by atoms with Crippen LogP contribution in [-0.2, 0) is 0 Å². The Kier molecular flexibility index (Phi) is 4.21. The van der Waals surface area contributed by atoms with Gasteiger partial charge in [0.05, 0.1) is 0 Å². The SMILES string of the molecule is CC.CC1=CCC(C)(O)C(O)=C1C. The molecule has 0 aromatic rings. The van der Waals surface area contributed by atoms with E-state index in [1.807, 2.05) is 33.8 Å². The predicted molar refractivity (Wildman–Crippen MR) is 55.7 cm³/mol. The second kappa shape index (κ2) is 4.47. The van der Waals surface area contributed by atoms with Crippen molar-refractivity contribution in [3.8, 4) is 0 Å². The maximum atomic E-state index is 9.58. The molecule has 1 aliphatic carbocycles. The van der Waals surface area contributed by atoms with E-state index in [1.54, 1.807) is 6.92 Å². The molecule has 2 nitrogen and oxygen atoms in total. The molecule has 1 atom stereocenters. The smallest absolute Gasteiger partial charge is 0.127 e. The van der Waals surface area contributed by atoms with Crippen molar-refractivity contribution in [3.63, 3.8) is 0 Å². The highest BCUT2D eigenvalue weighted by Gasteiger charge is 2.29. The van der Waals surface area contributed by atoms with E-state index in [9.17, 15) is 10.2 Å². The Balaban J connectivity index is 0.000000671. The molecule has 0 aromatic carbocycles. The van der Waals surface area contributed by atoms with E-state index in [0.717, 1.165) is 11.1 Å². The van der Waals surface area contributed by atoms with Crippen LogP contribution in [0.1, 0.15) is 41.0 Å². The summed E-state index contributed by atoms with van der Waals surface area (Å²) in [5, 5.41) is 19.0. The third-order valence-corrected chi connectivity index (χ3v) is 2.26. The van der Waals surface area contributed by atoms with Gasteiger partial charge < -0.3 is 10.2 Å². The minimum absolute atomic E-state index is 0.109. The van der Waals surface area contributed by atoms with Crippen LogP contribution in [0.3, 0.4) is 0 Å². The molecule has 0 aliphatic heterocycles. The summed E-state index contributed by atoms with van der Waals surface area (Å²) in [6.07, 6.45) is 2.44. The Hall–Kier alpha value is -0.760. The first-order chi connectivity index (χ1) is 5.95. The molecule has 13 heavy (non-hydrogen) atoms. The molecular formula is C11H20O2. The summed E-state index contributed by atoms with van der Waals surface area (Å²) < 4.78 is 0. The second-order valence-corrected chi connectivity index (χ2v) is 3.34. The summed E-state index contributed by atoms with van der Waals surface area (Å²) in [4.78, 5) is 0. The van der Waals surface area contributed by atoms with Gasteiger partial charge in [-0.1, -0.05) is 19.9 Å². The molecule has 1 aliphatic rings. The van der Waals surface area contributed by atoms with E-state index >= 15 is 0 Å². The van der Waals surface area contributed by atoms with Crippen LogP contribution in [0.25, 0.3) is 0 Å². The van der Waals surface area contributed by atoms with Crippen molar-refractivity contribution in [1.82, 2.24) is 0 Å². The van der Waals surface area contributed by atoms with Gasteiger partial charge in [-0.2, -0.15) is 0 Å². The molecule has 1 rings (SSSR count). The van der Waals surface area contributed by atoms with Crippen LogP contribution in [0, 0.1) is 0 Å². The van der Waals surface area contributed by atoms with Crippen molar-refractivity contribution in [2.24, 2.45) is 0 Å². The summed E-state index contributed by atoms with van der Waals surface area (Å²) in [5.41, 5.74) is 0.791. The van der Waals surface area contributed by atoms with Crippen LogP contribution in [-0.4, -0.2) is 15.8 Å². The zero-order valence-corrected chi connectivity index (χ0v) is 9.18. The number of aliphatic hydroxyl groups is 2. The summed E-state index contributed by atoms with van der Waals surface area (Å²) in [7, 11) is 0. The van der Waals surface area contributed by atoms with E-state index in [-0.39, 0.29) is 5.76 Å². The largest absolute Gasteiger partial charge is 0.509 e. The lowest BCUT2D eigenvalue weighted by atomic mass is 9.88. The standard InChI is InChI=1S/C9H14O2.C2H6/c1-6-4-5-9(3,11)8(10)7(6)2;1-2/h4,10-11H,5H2,1-3H3;1-2H3. The lowest BCUT2D eigenvalue weighted by molar-refractivity contribution is 0.0517. The van der Waals surface area contributed by atoms with Crippen LogP contribution < -0.4 is 0 Å². The Morgan fingerprint density at radius 1 is 1.31 bits per heavy atom. The molecule has 0 fully saturated rings. The van der Waals surface area contributed by atoms with Crippen LogP contribution in [0.2, 0.25) is 0 Å². The normalized spacial score (nSPS) is 27.7. The maximum absolute atomic E-state index is 9.58. The topological polar surface area (TPSA) is 40.5 Å². The zero-order chi connectivity index (χ0) is 10.6. The minimum Gasteiger partial charge on any atom is -0.509 e. The second-order valence-electron chi connectivity index (χ2n) is 3.34. The van der Waals surface area contributed by atoms with Gasteiger partial charge in [-0.15, -0.1) is 0 Å². The van der Waals surface area contributed by atoms with E-state index < -0.39 is 5.60 Å². The molecule has 0 amide bonds. The number of hydrogen-bond acceptors (Lipinski definition) is 2. The Morgan fingerprint density at radius 2 is 1.77 bits per heavy atom. The minimum atomic E-state index is -1.05. The molecule has 0 heterocycles. The van der Waals surface area contributed by atoms with Crippen molar-refractivity contribution >= 4 is 0 Å². The molecule has 2 N–H and O–H groups in total. The average Bonchev–Trinajstić information content (AvgIpc) is 2.13. The van der Waals surface area contributed by atoms with E-state index in [2.05, 4.69) is 0 Å². The molecule has 76 valence electrons. The number of rotatable bonds is 0. The third-order valence-electron chi connectivity index (χ3n) is 2.26. The monoisotopic (exact) mass is 184 g/mol. The number of allylic oxidation sites excluding steroid dienone is 2. The molecule has 2 heteroatoms. The van der Waals surface area contributed by atoms with Gasteiger partial charge >= 0.3 is 0 Å².